The van der Waals surface area contributed by atoms with E-state index < -0.39 is 0 Å². The number of benzene rings is 1. The number of piperazine rings is 1. The molecule has 160 valence electrons. The summed E-state index contributed by atoms with van der Waals surface area (Å²) in [5, 5.41) is 3.64. The topological polar surface area (TPSA) is 78.4 Å². The third kappa shape index (κ3) is 5.95. The van der Waals surface area contributed by atoms with Gasteiger partial charge in [-0.1, -0.05) is 23.9 Å². The molecule has 8 heteroatoms. The lowest BCUT2D eigenvalue weighted by Gasteiger charge is -2.35. The minimum Gasteiger partial charge on any atom is -0.353 e. The van der Waals surface area contributed by atoms with Gasteiger partial charge in [0.1, 0.15) is 5.82 Å². The van der Waals surface area contributed by atoms with Crippen LogP contribution in [0.4, 0.5) is 5.82 Å². The van der Waals surface area contributed by atoms with Gasteiger partial charge in [0, 0.05) is 62.2 Å². The fourth-order valence-corrected chi connectivity index (χ4v) is 4.14. The Bertz CT molecular complexity index is 910. The molecule has 0 spiro atoms. The zero-order chi connectivity index (χ0) is 21.7. The Morgan fingerprint density at radius 2 is 1.87 bits per heavy atom. The van der Waals surface area contributed by atoms with Gasteiger partial charge in [0.05, 0.1) is 0 Å². The molecule has 0 unspecified atom stereocenters. The van der Waals surface area contributed by atoms with Crippen LogP contribution in [0.3, 0.4) is 0 Å². The van der Waals surface area contributed by atoms with Crippen LogP contribution in [0, 0.1) is 6.92 Å². The van der Waals surface area contributed by atoms with Gasteiger partial charge in [0.15, 0.2) is 5.16 Å². The maximum Gasteiger partial charge on any atom is 0.251 e. The van der Waals surface area contributed by atoms with E-state index in [4.69, 9.17) is 4.98 Å². The smallest absolute Gasteiger partial charge is 0.251 e. The second-order valence-corrected chi connectivity index (χ2v) is 8.70. The molecule has 0 atom stereocenters. The Morgan fingerprint density at radius 1 is 1.13 bits per heavy atom. The quantitative estimate of drug-likeness (QED) is 0.564. The van der Waals surface area contributed by atoms with Gasteiger partial charge in [-0.3, -0.25) is 9.59 Å². The van der Waals surface area contributed by atoms with Crippen molar-refractivity contribution in [2.75, 3.05) is 31.1 Å². The standard InChI is InChI=1S/C22H29N5O2S/c1-15(2)23-21(29)19-7-5-6-18(13-19)14-30-22-24-16(3)12-20(25-22)27-10-8-26(9-11-27)17(4)28/h5-7,12-13,15H,8-11,14H2,1-4H3,(H,23,29). The van der Waals surface area contributed by atoms with Crippen molar-refractivity contribution in [1.29, 1.82) is 0 Å². The van der Waals surface area contributed by atoms with E-state index in [-0.39, 0.29) is 17.9 Å². The number of aryl methyl sites for hydroxylation is 1. The van der Waals surface area contributed by atoms with Crippen LogP contribution >= 0.6 is 11.8 Å². The molecule has 0 bridgehead atoms. The summed E-state index contributed by atoms with van der Waals surface area (Å²) in [4.78, 5) is 37.1. The van der Waals surface area contributed by atoms with Crippen LogP contribution in [-0.4, -0.2) is 58.9 Å². The van der Waals surface area contributed by atoms with E-state index in [2.05, 4.69) is 15.2 Å². The Morgan fingerprint density at radius 3 is 2.53 bits per heavy atom. The molecule has 30 heavy (non-hydrogen) atoms. The lowest BCUT2D eigenvalue weighted by atomic mass is 10.1. The van der Waals surface area contributed by atoms with Crippen LogP contribution < -0.4 is 10.2 Å². The predicted molar refractivity (Wildman–Crippen MR) is 120 cm³/mol. The van der Waals surface area contributed by atoms with Gasteiger partial charge in [0.25, 0.3) is 5.91 Å². The zero-order valence-electron chi connectivity index (χ0n) is 18.0. The second kappa shape index (κ2) is 9.93. The van der Waals surface area contributed by atoms with Gasteiger partial charge in [-0.15, -0.1) is 0 Å². The molecule has 1 aliphatic rings. The van der Waals surface area contributed by atoms with Crippen LogP contribution in [0.25, 0.3) is 0 Å². The van der Waals surface area contributed by atoms with Crippen LogP contribution in [0.2, 0.25) is 0 Å². The summed E-state index contributed by atoms with van der Waals surface area (Å²) in [7, 11) is 0. The molecule has 3 rings (SSSR count). The van der Waals surface area contributed by atoms with Crippen molar-refractivity contribution in [3.63, 3.8) is 0 Å². The fraction of sp³-hybridized carbons (Fsp3) is 0.455. The number of anilines is 1. The molecule has 0 saturated carbocycles. The number of carbonyl (C=O) groups excluding carboxylic acids is 2. The van der Waals surface area contributed by atoms with E-state index in [9.17, 15) is 9.59 Å². The molecular weight excluding hydrogens is 398 g/mol. The van der Waals surface area contributed by atoms with E-state index in [1.54, 1.807) is 18.7 Å². The first kappa shape index (κ1) is 22.1. The predicted octanol–water partition coefficient (Wildman–Crippen LogP) is 2.88. The van der Waals surface area contributed by atoms with Crippen molar-refractivity contribution in [3.05, 3.63) is 47.2 Å². The van der Waals surface area contributed by atoms with E-state index in [1.165, 1.54) is 0 Å². The molecule has 1 saturated heterocycles. The Kier molecular flexibility index (Phi) is 7.31. The van der Waals surface area contributed by atoms with Crippen LogP contribution in [0.5, 0.6) is 0 Å². The van der Waals surface area contributed by atoms with Crippen LogP contribution in [0.15, 0.2) is 35.5 Å². The van der Waals surface area contributed by atoms with Crippen molar-refractivity contribution in [1.82, 2.24) is 20.2 Å². The number of hydrogen-bond donors (Lipinski definition) is 1. The van der Waals surface area contributed by atoms with Crippen LogP contribution in [-0.2, 0) is 10.5 Å². The molecule has 2 aromatic rings. The molecule has 1 aliphatic heterocycles. The number of nitrogens with one attached hydrogen (secondary N) is 1. The molecule has 1 N–H and O–H groups in total. The number of aromatic nitrogens is 2. The number of thioether (sulfide) groups is 1. The molecule has 1 aromatic carbocycles. The lowest BCUT2D eigenvalue weighted by molar-refractivity contribution is -0.129. The molecule has 2 amide bonds. The SMILES string of the molecule is CC(=O)N1CCN(c2cc(C)nc(SCc3cccc(C(=O)NC(C)C)c3)n2)CC1. The zero-order valence-corrected chi connectivity index (χ0v) is 18.8. The summed E-state index contributed by atoms with van der Waals surface area (Å²) < 4.78 is 0. The third-order valence-corrected chi connectivity index (χ3v) is 5.76. The highest BCUT2D eigenvalue weighted by Crippen LogP contribution is 2.24. The maximum absolute atomic E-state index is 12.2. The van der Waals surface area contributed by atoms with Gasteiger partial charge in [-0.25, -0.2) is 9.97 Å². The number of hydrogen-bond acceptors (Lipinski definition) is 6. The summed E-state index contributed by atoms with van der Waals surface area (Å²) >= 11 is 1.56. The van der Waals surface area contributed by atoms with Crippen LogP contribution in [0.1, 0.15) is 42.4 Å². The summed E-state index contributed by atoms with van der Waals surface area (Å²) in [6, 6.07) is 9.76. The number of carbonyl (C=O) groups is 2. The Labute approximate surface area is 182 Å². The van der Waals surface area contributed by atoms with E-state index in [0.29, 0.717) is 24.4 Å². The highest BCUT2D eigenvalue weighted by Gasteiger charge is 2.20. The molecule has 1 aromatic heterocycles. The van der Waals surface area contributed by atoms with Gasteiger partial charge in [0.2, 0.25) is 5.91 Å². The first-order chi connectivity index (χ1) is 14.3. The maximum atomic E-state index is 12.2. The summed E-state index contributed by atoms with van der Waals surface area (Å²) in [6.07, 6.45) is 0. The Hall–Kier alpha value is -2.61. The number of nitrogens with zero attached hydrogens (tertiary/aromatic N) is 4. The van der Waals surface area contributed by atoms with Crippen molar-refractivity contribution >= 4 is 29.4 Å². The highest BCUT2D eigenvalue weighted by molar-refractivity contribution is 7.98. The molecule has 1 fully saturated rings. The minimum atomic E-state index is -0.0596. The summed E-state index contributed by atoms with van der Waals surface area (Å²) in [5.74, 6) is 1.65. The summed E-state index contributed by atoms with van der Waals surface area (Å²) in [6.45, 7) is 10.4. The largest absolute Gasteiger partial charge is 0.353 e. The van der Waals surface area contributed by atoms with E-state index >= 15 is 0 Å². The minimum absolute atomic E-state index is 0.0596. The first-order valence-corrected chi connectivity index (χ1v) is 11.2. The number of rotatable bonds is 6. The molecule has 0 aliphatic carbocycles. The monoisotopic (exact) mass is 427 g/mol. The van der Waals surface area contributed by atoms with Gasteiger partial charge < -0.3 is 15.1 Å². The molecule has 0 radical (unpaired) electrons. The van der Waals surface area contributed by atoms with Gasteiger partial charge >= 0.3 is 0 Å². The van der Waals surface area contributed by atoms with E-state index in [1.807, 2.05) is 56.0 Å². The van der Waals surface area contributed by atoms with Gasteiger partial charge in [-0.05, 0) is 38.5 Å². The fourth-order valence-electron chi connectivity index (χ4n) is 3.30. The Balaban J connectivity index is 1.65. The van der Waals surface area contributed by atoms with Crippen molar-refractivity contribution in [2.24, 2.45) is 0 Å². The van der Waals surface area contributed by atoms with Crippen molar-refractivity contribution in [2.45, 2.75) is 44.6 Å². The van der Waals surface area contributed by atoms with Crippen molar-refractivity contribution < 1.29 is 9.59 Å². The van der Waals surface area contributed by atoms with Crippen molar-refractivity contribution in [3.8, 4) is 0 Å². The first-order valence-electron chi connectivity index (χ1n) is 10.2. The second-order valence-electron chi connectivity index (χ2n) is 7.76. The van der Waals surface area contributed by atoms with E-state index in [0.717, 1.165) is 35.3 Å². The lowest BCUT2D eigenvalue weighted by Crippen LogP contribution is -2.48. The molecule has 7 nitrogen and oxygen atoms in total. The number of amides is 2. The summed E-state index contributed by atoms with van der Waals surface area (Å²) in [5.41, 5.74) is 2.63. The molecule has 2 heterocycles. The third-order valence-electron chi connectivity index (χ3n) is 4.85. The average molecular weight is 428 g/mol. The highest BCUT2D eigenvalue weighted by atomic mass is 32.2. The molecular formula is C22H29N5O2S. The van der Waals surface area contributed by atoms with Gasteiger partial charge in [-0.2, -0.15) is 0 Å². The normalized spacial score (nSPS) is 14.2. The average Bonchev–Trinajstić information content (AvgIpc) is 2.71.